The van der Waals surface area contributed by atoms with Crippen molar-refractivity contribution < 1.29 is 23.3 Å². The molecule has 0 aliphatic carbocycles. The number of amidine groups is 2. The van der Waals surface area contributed by atoms with E-state index >= 15 is 0 Å². The van der Waals surface area contributed by atoms with E-state index in [1.807, 2.05) is 45.0 Å². The minimum Gasteiger partial charge on any atom is -0.478 e. The quantitative estimate of drug-likeness (QED) is 0.0748. The SMILES string of the molecule is CCOC(=N)c1c(C)c(C)c(C)c(C)c1C.Cc1c(C)c(C)c(C#N)c(C)c1C.Cc1ccc([C@@H](N)[C@@H](N)c2ccc(C)cc2)cc1.Cc1ccc([C@H]2N=C(c3c(C)c(C)c(C)c(C)c3C)N[C@H]2c2ccc(C)cc2)cc1.Cc1ccc([C@H]2N=C(c3c(C)c(C)c(C)c(C)c3C)[N-][C@H]2c2ccc(C)cc2)cc1.Cl.[V]. The van der Waals surface area contributed by atoms with Gasteiger partial charge in [-0.2, -0.15) is 5.26 Å². The van der Waals surface area contributed by atoms with Crippen molar-refractivity contribution in [1.82, 2.24) is 5.32 Å². The van der Waals surface area contributed by atoms with Crippen molar-refractivity contribution in [2.45, 2.75) is 223 Å². The summed E-state index contributed by atoms with van der Waals surface area (Å²) in [6.07, 6.45) is 0. The summed E-state index contributed by atoms with van der Waals surface area (Å²) in [6.45, 7) is 58.1. The average molecular weight is 1510 g/mol. The largest absolute Gasteiger partial charge is 0.478 e. The Hall–Kier alpha value is -9.11. The van der Waals surface area contributed by atoms with Crippen LogP contribution in [0.5, 0.6) is 0 Å². The molecule has 0 saturated carbocycles. The van der Waals surface area contributed by atoms with Gasteiger partial charge in [0.25, 0.3) is 0 Å². The number of nitrogens with one attached hydrogen (secondary N) is 2. The monoisotopic (exact) mass is 1510 g/mol. The van der Waals surface area contributed by atoms with E-state index in [0.29, 0.717) is 12.5 Å². The maximum absolute atomic E-state index is 8.99. The van der Waals surface area contributed by atoms with Crippen LogP contribution in [0.2, 0.25) is 0 Å². The number of rotatable bonds is 11. The fraction of sp³-hybridized carbons (Fsp3) is 0.347. The summed E-state index contributed by atoms with van der Waals surface area (Å²) in [7, 11) is 0. The third kappa shape index (κ3) is 19.9. The van der Waals surface area contributed by atoms with Crippen LogP contribution in [0.3, 0.4) is 0 Å². The van der Waals surface area contributed by atoms with Gasteiger partial charge in [-0.15, -0.1) is 12.4 Å². The zero-order chi connectivity index (χ0) is 78.9. The van der Waals surface area contributed by atoms with Crippen molar-refractivity contribution in [3.05, 3.63) is 351 Å². The summed E-state index contributed by atoms with van der Waals surface area (Å²) in [4.78, 5) is 10.5. The first-order valence-electron chi connectivity index (χ1n) is 38.0. The standard InChI is InChI=1S/C28H32N2.C28H31N2.C16H20N2.C14H21NO.C12H15N.ClH.V/c2*1-16-8-12-23(13-9-16)26-27(24-14-10-17(2)11-15-24)30-28(29-26)25-21(6)19(4)18(3)20(5)22(25)7;1-11-3-7-13(8-4-11)15(17)16(18)14-9-5-12(2)6-10-14;1-7-16-14(15)13-11(5)9(3)8(2)10(4)12(13)6;1-7-8(2)10(4)12(6-13)11(5)9(7)3;;/h8-15,26-27H,1-7H3,(H,29,30);8-15,26-27H,1-7H3;3-10,15-16H,17-18H2,1-2H3;15H,7H2,1-6H3;1-5H3;1H;/q;-1;;;;;/t2*26-,27+;15-,16+;;;;. The van der Waals surface area contributed by atoms with Crippen LogP contribution in [-0.2, 0) is 23.3 Å². The molecule has 109 heavy (non-hydrogen) atoms. The predicted molar refractivity (Wildman–Crippen MR) is 462 cm³/mol. The van der Waals surface area contributed by atoms with E-state index in [2.05, 4.69) is 299 Å². The maximum atomic E-state index is 8.99. The zero-order valence-electron chi connectivity index (χ0n) is 70.2. The van der Waals surface area contributed by atoms with Gasteiger partial charge in [-0.05, 0) is 349 Å². The first kappa shape index (κ1) is 88.8. The summed E-state index contributed by atoms with van der Waals surface area (Å²) in [6, 6.07) is 53.8. The van der Waals surface area contributed by atoms with E-state index in [9.17, 15) is 0 Å². The number of nitriles is 1. The molecular weight excluding hydrogens is 1390 g/mol. The fourth-order valence-electron chi connectivity index (χ4n) is 14.7. The molecule has 11 heteroatoms. The molecule has 9 nitrogen and oxygen atoms in total. The Bertz CT molecular complexity index is 4630. The van der Waals surface area contributed by atoms with E-state index in [1.165, 1.54) is 167 Å². The van der Waals surface area contributed by atoms with Crippen LogP contribution in [0.1, 0.15) is 243 Å². The van der Waals surface area contributed by atoms with Gasteiger partial charge in [0.1, 0.15) is 11.9 Å². The van der Waals surface area contributed by atoms with Crippen LogP contribution in [0, 0.1) is 197 Å². The molecule has 2 aliphatic heterocycles. The minimum absolute atomic E-state index is 0. The van der Waals surface area contributed by atoms with Crippen molar-refractivity contribution in [2.75, 3.05) is 6.61 Å². The molecule has 0 fully saturated rings. The molecule has 0 amide bonds. The molecule has 2 heterocycles. The third-order valence-corrected chi connectivity index (χ3v) is 23.8. The van der Waals surface area contributed by atoms with Crippen LogP contribution in [0.15, 0.2) is 156 Å². The molecule has 2 aliphatic rings. The summed E-state index contributed by atoms with van der Waals surface area (Å²) < 4.78 is 5.32. The number of aliphatic imine (C=N–C) groups is 2. The van der Waals surface area contributed by atoms with Crippen molar-refractivity contribution in [3.8, 4) is 6.07 Å². The van der Waals surface area contributed by atoms with Gasteiger partial charge in [0, 0.05) is 41.8 Å². The second-order valence-corrected chi connectivity index (χ2v) is 30.4. The molecule has 12 rings (SSSR count). The molecule has 571 valence electrons. The first-order chi connectivity index (χ1) is 50.5. The number of benzene rings is 10. The predicted octanol–water partition coefficient (Wildman–Crippen LogP) is 24.3. The number of nitrogens with zero attached hydrogens (tertiary/aromatic N) is 4. The van der Waals surface area contributed by atoms with Crippen LogP contribution >= 0.6 is 12.4 Å². The Balaban J connectivity index is 0.000000220. The molecule has 6 atom stereocenters. The molecule has 6 N–H and O–H groups in total. The molecule has 0 saturated heterocycles. The van der Waals surface area contributed by atoms with E-state index in [1.54, 1.807) is 0 Å². The second kappa shape index (κ2) is 38.5. The van der Waals surface area contributed by atoms with Gasteiger partial charge >= 0.3 is 0 Å². The van der Waals surface area contributed by atoms with Gasteiger partial charge in [-0.1, -0.05) is 185 Å². The normalized spacial score (nSPS) is 15.1. The molecule has 0 aromatic heterocycles. The Morgan fingerprint density at radius 2 is 0.679 bits per heavy atom. The number of nitrogens with two attached hydrogens (primary N) is 2. The van der Waals surface area contributed by atoms with Gasteiger partial charge in [-0.3, -0.25) is 10.4 Å². The van der Waals surface area contributed by atoms with Crippen LogP contribution in [-0.4, -0.2) is 24.2 Å². The van der Waals surface area contributed by atoms with E-state index in [0.717, 1.165) is 45.1 Å². The maximum Gasteiger partial charge on any atom is 0.213 e. The van der Waals surface area contributed by atoms with Crippen molar-refractivity contribution in [2.24, 2.45) is 21.5 Å². The average Bonchev–Trinajstić information content (AvgIpc) is 1.66. The van der Waals surface area contributed by atoms with Gasteiger partial charge in [0.2, 0.25) is 5.90 Å². The molecule has 0 spiro atoms. The number of aryl methyl sites for hydroxylation is 6. The van der Waals surface area contributed by atoms with Gasteiger partial charge in [-0.25, -0.2) is 0 Å². The Labute approximate surface area is 673 Å². The second-order valence-electron chi connectivity index (χ2n) is 30.4. The van der Waals surface area contributed by atoms with Crippen molar-refractivity contribution >= 4 is 30.0 Å². The Morgan fingerprint density at radius 3 is 1.02 bits per heavy atom. The van der Waals surface area contributed by atoms with E-state index in [-0.39, 0.29) is 67.2 Å². The van der Waals surface area contributed by atoms with Crippen molar-refractivity contribution in [1.29, 1.82) is 10.7 Å². The molecule has 0 unspecified atom stereocenters. The van der Waals surface area contributed by atoms with Gasteiger partial charge < -0.3 is 31.8 Å². The molecule has 0 bridgehead atoms. The smallest absolute Gasteiger partial charge is 0.213 e. The molecule has 10 aromatic carbocycles. The summed E-state index contributed by atoms with van der Waals surface area (Å²) in [5, 5.41) is 26.0. The molecule has 1 radical (unpaired) electrons. The van der Waals surface area contributed by atoms with Gasteiger partial charge in [0.05, 0.1) is 24.3 Å². The third-order valence-electron chi connectivity index (χ3n) is 23.8. The summed E-state index contributed by atoms with van der Waals surface area (Å²) in [5.74, 6) is 2.21. The van der Waals surface area contributed by atoms with Crippen LogP contribution in [0.4, 0.5) is 0 Å². The van der Waals surface area contributed by atoms with Crippen LogP contribution in [0.25, 0.3) is 5.32 Å². The van der Waals surface area contributed by atoms with Crippen LogP contribution < -0.4 is 16.8 Å². The number of halogens is 1. The van der Waals surface area contributed by atoms with E-state index < -0.39 is 0 Å². The summed E-state index contributed by atoms with van der Waals surface area (Å²) >= 11 is 0. The number of hydrogen-bond acceptors (Lipinski definition) is 8. The van der Waals surface area contributed by atoms with Crippen molar-refractivity contribution in [3.63, 3.8) is 0 Å². The Morgan fingerprint density at radius 1 is 0.394 bits per heavy atom. The topological polar surface area (TPSA) is 160 Å². The van der Waals surface area contributed by atoms with E-state index in [4.69, 9.17) is 42.2 Å². The zero-order valence-corrected chi connectivity index (χ0v) is 72.4. The molecule has 10 aromatic rings. The van der Waals surface area contributed by atoms with Gasteiger partial charge in [0.15, 0.2) is 0 Å². The first-order valence-corrected chi connectivity index (χ1v) is 38.0. The fourth-order valence-corrected chi connectivity index (χ4v) is 14.7. The minimum atomic E-state index is -0.173. The Kier molecular flexibility index (Phi) is 31.4. The molecular formula is C98H120ClN8OV-. The summed E-state index contributed by atoms with van der Waals surface area (Å²) in [5.41, 5.74) is 57.1. The number of ether oxygens (including phenoxy) is 1. The number of hydrogen-bond donors (Lipinski definition) is 4.